The van der Waals surface area contributed by atoms with E-state index < -0.39 is 0 Å². The number of nitrogens with one attached hydrogen (secondary N) is 1. The van der Waals surface area contributed by atoms with Gasteiger partial charge in [0, 0.05) is 6.54 Å². The van der Waals surface area contributed by atoms with Gasteiger partial charge in [0.15, 0.2) is 0 Å². The first-order valence-corrected chi connectivity index (χ1v) is 9.32. The summed E-state index contributed by atoms with van der Waals surface area (Å²) < 4.78 is 20.0. The van der Waals surface area contributed by atoms with E-state index in [0.717, 1.165) is 5.56 Å². The molecule has 7 heteroatoms. The van der Waals surface area contributed by atoms with Crippen LogP contribution in [-0.2, 0) is 17.9 Å². The number of halogens is 1. The Morgan fingerprint density at radius 2 is 1.80 bits per heavy atom. The average Bonchev–Trinajstić information content (AvgIpc) is 2.76. The van der Waals surface area contributed by atoms with Crippen LogP contribution in [-0.4, -0.2) is 15.5 Å². The van der Waals surface area contributed by atoms with Gasteiger partial charge in [0.1, 0.15) is 23.9 Å². The minimum atomic E-state index is -0.334. The van der Waals surface area contributed by atoms with Gasteiger partial charge in [-0.1, -0.05) is 24.3 Å². The van der Waals surface area contributed by atoms with Crippen LogP contribution in [0.15, 0.2) is 83.9 Å². The van der Waals surface area contributed by atoms with Gasteiger partial charge in [-0.2, -0.15) is 0 Å². The molecule has 0 saturated carbocycles. The standard InChI is InChI=1S/C23H18FN3O3/c24-17-8-10-18(11-9-17)30-19-5-3-4-16(12-19)13-25-22(28)14-27-15-26-21-7-2-1-6-20(21)23(27)29/h1-12,15H,13-14H2,(H,25,28). The first kappa shape index (κ1) is 19.3. The number of amides is 1. The van der Waals surface area contributed by atoms with Gasteiger partial charge in [-0.15, -0.1) is 0 Å². The van der Waals surface area contributed by atoms with E-state index in [9.17, 15) is 14.0 Å². The fourth-order valence-corrected chi connectivity index (χ4v) is 2.99. The van der Waals surface area contributed by atoms with E-state index in [-0.39, 0.29) is 30.4 Å². The van der Waals surface area contributed by atoms with Crippen LogP contribution in [0.3, 0.4) is 0 Å². The van der Waals surface area contributed by atoms with Crippen LogP contribution in [0.1, 0.15) is 5.56 Å². The summed E-state index contributed by atoms with van der Waals surface area (Å²) in [4.78, 5) is 29.0. The van der Waals surface area contributed by atoms with Gasteiger partial charge in [0.25, 0.3) is 5.56 Å². The molecule has 3 aromatic carbocycles. The third-order valence-corrected chi connectivity index (χ3v) is 4.48. The maximum absolute atomic E-state index is 13.0. The Labute approximate surface area is 171 Å². The number of fused-ring (bicyclic) bond motifs is 1. The van der Waals surface area contributed by atoms with Gasteiger partial charge in [0.05, 0.1) is 17.2 Å². The fraction of sp³-hybridized carbons (Fsp3) is 0.0870. The molecule has 0 aliphatic rings. The monoisotopic (exact) mass is 403 g/mol. The zero-order chi connectivity index (χ0) is 20.9. The van der Waals surface area contributed by atoms with Crippen molar-refractivity contribution < 1.29 is 13.9 Å². The molecule has 0 bridgehead atoms. The summed E-state index contributed by atoms with van der Waals surface area (Å²) in [5.74, 6) is 0.447. The molecule has 0 aliphatic heterocycles. The van der Waals surface area contributed by atoms with Crippen molar-refractivity contribution in [1.29, 1.82) is 0 Å². The molecule has 4 rings (SSSR count). The number of ether oxygens (including phenoxy) is 1. The molecular weight excluding hydrogens is 385 g/mol. The third-order valence-electron chi connectivity index (χ3n) is 4.48. The molecular formula is C23H18FN3O3. The van der Waals surface area contributed by atoms with Crippen LogP contribution < -0.4 is 15.6 Å². The molecule has 0 saturated heterocycles. The maximum atomic E-state index is 13.0. The Kier molecular flexibility index (Phi) is 5.52. The van der Waals surface area contributed by atoms with Crippen molar-refractivity contribution in [2.45, 2.75) is 13.1 Å². The van der Waals surface area contributed by atoms with E-state index in [0.29, 0.717) is 22.4 Å². The number of hydrogen-bond donors (Lipinski definition) is 1. The molecule has 1 aromatic heterocycles. The molecule has 0 fully saturated rings. The predicted molar refractivity (Wildman–Crippen MR) is 111 cm³/mol. The summed E-state index contributed by atoms with van der Waals surface area (Å²) in [6.07, 6.45) is 1.38. The average molecular weight is 403 g/mol. The van der Waals surface area contributed by atoms with E-state index in [1.54, 1.807) is 54.6 Å². The molecule has 0 spiro atoms. The summed E-state index contributed by atoms with van der Waals surface area (Å²) in [6.45, 7) is 0.150. The molecule has 1 amide bonds. The lowest BCUT2D eigenvalue weighted by Gasteiger charge is -2.10. The summed E-state index contributed by atoms with van der Waals surface area (Å²) in [5.41, 5.74) is 1.16. The first-order chi connectivity index (χ1) is 14.6. The van der Waals surface area contributed by atoms with E-state index in [2.05, 4.69) is 10.3 Å². The number of rotatable bonds is 6. The molecule has 1 heterocycles. The summed E-state index contributed by atoms with van der Waals surface area (Å²) in [7, 11) is 0. The van der Waals surface area contributed by atoms with E-state index in [1.807, 2.05) is 6.07 Å². The van der Waals surface area contributed by atoms with Crippen molar-refractivity contribution in [3.63, 3.8) is 0 Å². The van der Waals surface area contributed by atoms with Crippen LogP contribution in [0.4, 0.5) is 4.39 Å². The highest BCUT2D eigenvalue weighted by Gasteiger charge is 2.08. The van der Waals surface area contributed by atoms with Crippen molar-refractivity contribution in [3.05, 3.63) is 101 Å². The third kappa shape index (κ3) is 4.52. The number of nitrogens with zero attached hydrogens (tertiary/aromatic N) is 2. The van der Waals surface area contributed by atoms with Crippen LogP contribution in [0, 0.1) is 5.82 Å². The highest BCUT2D eigenvalue weighted by atomic mass is 19.1. The zero-order valence-electron chi connectivity index (χ0n) is 15.9. The molecule has 1 N–H and O–H groups in total. The summed E-state index contributed by atoms with van der Waals surface area (Å²) >= 11 is 0. The summed E-state index contributed by atoms with van der Waals surface area (Å²) in [6, 6.07) is 19.9. The first-order valence-electron chi connectivity index (χ1n) is 9.32. The van der Waals surface area contributed by atoms with E-state index >= 15 is 0 Å². The molecule has 150 valence electrons. The van der Waals surface area contributed by atoms with Crippen molar-refractivity contribution in [1.82, 2.24) is 14.9 Å². The van der Waals surface area contributed by atoms with Gasteiger partial charge < -0.3 is 10.1 Å². The fourth-order valence-electron chi connectivity index (χ4n) is 2.99. The SMILES string of the molecule is O=C(Cn1cnc2ccccc2c1=O)NCc1cccc(Oc2ccc(F)cc2)c1. The Hall–Kier alpha value is -4.00. The van der Waals surface area contributed by atoms with Crippen LogP contribution in [0.5, 0.6) is 11.5 Å². The quantitative estimate of drug-likeness (QED) is 0.533. The number of hydrogen-bond acceptors (Lipinski definition) is 4. The molecule has 0 unspecified atom stereocenters. The minimum Gasteiger partial charge on any atom is -0.457 e. The number of aromatic nitrogens is 2. The van der Waals surface area contributed by atoms with Crippen molar-refractivity contribution in [2.75, 3.05) is 0 Å². The van der Waals surface area contributed by atoms with E-state index in [1.165, 1.54) is 23.0 Å². The molecule has 4 aromatic rings. The number of para-hydroxylation sites is 1. The van der Waals surface area contributed by atoms with Crippen molar-refractivity contribution in [3.8, 4) is 11.5 Å². The number of benzene rings is 3. The Bertz CT molecular complexity index is 1250. The van der Waals surface area contributed by atoms with Crippen LogP contribution in [0.2, 0.25) is 0 Å². The Balaban J connectivity index is 1.39. The second kappa shape index (κ2) is 8.57. The Morgan fingerprint density at radius 3 is 2.63 bits per heavy atom. The van der Waals surface area contributed by atoms with Crippen LogP contribution >= 0.6 is 0 Å². The van der Waals surface area contributed by atoms with Gasteiger partial charge in [0.2, 0.25) is 5.91 Å². The van der Waals surface area contributed by atoms with Crippen LogP contribution in [0.25, 0.3) is 10.9 Å². The zero-order valence-corrected chi connectivity index (χ0v) is 15.9. The van der Waals surface area contributed by atoms with Gasteiger partial charge >= 0.3 is 0 Å². The van der Waals surface area contributed by atoms with Crippen molar-refractivity contribution in [2.24, 2.45) is 0 Å². The lowest BCUT2D eigenvalue weighted by molar-refractivity contribution is -0.121. The molecule has 0 radical (unpaired) electrons. The molecule has 0 aliphatic carbocycles. The van der Waals surface area contributed by atoms with Gasteiger partial charge in [-0.05, 0) is 54.1 Å². The summed E-state index contributed by atoms with van der Waals surface area (Å²) in [5, 5.41) is 3.26. The smallest absolute Gasteiger partial charge is 0.261 e. The Morgan fingerprint density at radius 1 is 1.00 bits per heavy atom. The molecule has 6 nitrogen and oxygen atoms in total. The minimum absolute atomic E-state index is 0.123. The van der Waals surface area contributed by atoms with Gasteiger partial charge in [-0.25, -0.2) is 9.37 Å². The van der Waals surface area contributed by atoms with Crippen molar-refractivity contribution >= 4 is 16.8 Å². The normalized spacial score (nSPS) is 10.7. The van der Waals surface area contributed by atoms with Gasteiger partial charge in [-0.3, -0.25) is 14.2 Å². The lowest BCUT2D eigenvalue weighted by atomic mass is 10.2. The second-order valence-electron chi connectivity index (χ2n) is 6.67. The number of carbonyl (C=O) groups is 1. The topological polar surface area (TPSA) is 73.2 Å². The highest BCUT2D eigenvalue weighted by molar-refractivity contribution is 5.78. The lowest BCUT2D eigenvalue weighted by Crippen LogP contribution is -2.32. The largest absolute Gasteiger partial charge is 0.457 e. The predicted octanol–water partition coefficient (Wildman–Crippen LogP) is 3.64. The molecule has 30 heavy (non-hydrogen) atoms. The number of carbonyl (C=O) groups excluding carboxylic acids is 1. The highest BCUT2D eigenvalue weighted by Crippen LogP contribution is 2.22. The second-order valence-corrected chi connectivity index (χ2v) is 6.67. The van der Waals surface area contributed by atoms with E-state index in [4.69, 9.17) is 4.74 Å². The maximum Gasteiger partial charge on any atom is 0.261 e. The molecule has 0 atom stereocenters.